The van der Waals surface area contributed by atoms with E-state index >= 15 is 0 Å². The molecule has 1 amide bonds. The number of aromatic nitrogens is 1. The van der Waals surface area contributed by atoms with Crippen molar-refractivity contribution in [1.29, 1.82) is 0 Å². The zero-order valence-corrected chi connectivity index (χ0v) is 13.7. The van der Waals surface area contributed by atoms with E-state index in [1.165, 1.54) is 18.2 Å². The fraction of sp³-hybridized carbons (Fsp3) is 0.375. The average molecular weight is 337 g/mol. The van der Waals surface area contributed by atoms with E-state index in [9.17, 15) is 9.18 Å². The molecule has 0 spiro atoms. The average Bonchev–Trinajstić information content (AvgIpc) is 2.45. The second-order valence-corrected chi connectivity index (χ2v) is 6.38. The standard InChI is InChI=1S/C16H18ClFN4O/c1-8-6-22(7-9(2)20-8)14-13(16(19)23)11-5-10(18)3-4-12(11)21-15(14)17/h3-5,8-9,20H,6-7H2,1-2H3,(H2,19,23). The molecule has 1 aliphatic rings. The van der Waals surface area contributed by atoms with Crippen molar-refractivity contribution in [1.82, 2.24) is 10.3 Å². The third kappa shape index (κ3) is 2.96. The summed E-state index contributed by atoms with van der Waals surface area (Å²) >= 11 is 6.35. The van der Waals surface area contributed by atoms with Gasteiger partial charge in [-0.05, 0) is 32.0 Å². The Labute approximate surface area is 138 Å². The van der Waals surface area contributed by atoms with Gasteiger partial charge in [0.1, 0.15) is 5.82 Å². The second kappa shape index (κ2) is 5.94. The first-order chi connectivity index (χ1) is 10.9. The molecule has 1 aromatic carbocycles. The van der Waals surface area contributed by atoms with Crippen molar-refractivity contribution in [2.24, 2.45) is 5.73 Å². The molecule has 1 aliphatic heterocycles. The number of fused-ring (bicyclic) bond motifs is 1. The molecule has 2 heterocycles. The van der Waals surface area contributed by atoms with Crippen LogP contribution in [0.4, 0.5) is 10.1 Å². The number of halogens is 2. The zero-order valence-electron chi connectivity index (χ0n) is 12.9. The van der Waals surface area contributed by atoms with Crippen LogP contribution >= 0.6 is 11.6 Å². The van der Waals surface area contributed by atoms with Crippen LogP contribution in [0.2, 0.25) is 5.15 Å². The maximum atomic E-state index is 13.6. The Morgan fingerprint density at radius 2 is 2.04 bits per heavy atom. The normalized spacial score (nSPS) is 21.7. The van der Waals surface area contributed by atoms with Crippen molar-refractivity contribution >= 4 is 34.1 Å². The Kier molecular flexibility index (Phi) is 4.12. The van der Waals surface area contributed by atoms with Gasteiger partial charge in [-0.25, -0.2) is 9.37 Å². The van der Waals surface area contributed by atoms with Crippen LogP contribution in [0.15, 0.2) is 18.2 Å². The molecule has 7 heteroatoms. The first-order valence-corrected chi connectivity index (χ1v) is 7.84. The number of benzene rings is 1. The molecule has 5 nitrogen and oxygen atoms in total. The fourth-order valence-corrected chi connectivity index (χ4v) is 3.55. The highest BCUT2D eigenvalue weighted by Gasteiger charge is 2.28. The third-order valence-electron chi connectivity index (χ3n) is 4.00. The van der Waals surface area contributed by atoms with Gasteiger partial charge in [0.15, 0.2) is 5.15 Å². The number of hydrogen-bond donors (Lipinski definition) is 2. The van der Waals surface area contributed by atoms with E-state index in [4.69, 9.17) is 17.3 Å². The summed E-state index contributed by atoms with van der Waals surface area (Å²) in [5.74, 6) is -1.09. The number of piperazine rings is 1. The maximum absolute atomic E-state index is 13.6. The minimum Gasteiger partial charge on any atom is -0.366 e. The summed E-state index contributed by atoms with van der Waals surface area (Å²) in [6.07, 6.45) is 0. The smallest absolute Gasteiger partial charge is 0.251 e. The molecular formula is C16H18ClFN4O. The lowest BCUT2D eigenvalue weighted by molar-refractivity contribution is 0.100. The molecule has 2 unspecified atom stereocenters. The molecule has 23 heavy (non-hydrogen) atoms. The van der Waals surface area contributed by atoms with E-state index in [0.29, 0.717) is 29.7 Å². The predicted octanol–water partition coefficient (Wildman–Crippen LogP) is 2.31. The van der Waals surface area contributed by atoms with Crippen molar-refractivity contribution < 1.29 is 9.18 Å². The zero-order chi connectivity index (χ0) is 16.7. The van der Waals surface area contributed by atoms with Gasteiger partial charge in [-0.1, -0.05) is 11.6 Å². The number of carbonyl (C=O) groups excluding carboxylic acids is 1. The number of hydrogen-bond acceptors (Lipinski definition) is 4. The number of rotatable bonds is 2. The molecule has 0 radical (unpaired) electrons. The van der Waals surface area contributed by atoms with Gasteiger partial charge in [0, 0.05) is 30.6 Å². The van der Waals surface area contributed by atoms with Gasteiger partial charge in [-0.3, -0.25) is 4.79 Å². The lowest BCUT2D eigenvalue weighted by Gasteiger charge is -2.38. The van der Waals surface area contributed by atoms with Gasteiger partial charge in [-0.15, -0.1) is 0 Å². The van der Waals surface area contributed by atoms with Gasteiger partial charge in [0.25, 0.3) is 5.91 Å². The van der Waals surface area contributed by atoms with Gasteiger partial charge in [0.2, 0.25) is 0 Å². The van der Waals surface area contributed by atoms with Gasteiger partial charge in [0.05, 0.1) is 16.8 Å². The molecule has 2 atom stereocenters. The SMILES string of the molecule is CC1CN(c2c(Cl)nc3ccc(F)cc3c2C(N)=O)CC(C)N1. The quantitative estimate of drug-likeness (QED) is 0.826. The number of primary amides is 1. The van der Waals surface area contributed by atoms with Crippen LogP contribution in [0.1, 0.15) is 24.2 Å². The number of nitrogens with one attached hydrogen (secondary N) is 1. The molecule has 0 saturated carbocycles. The first-order valence-electron chi connectivity index (χ1n) is 7.46. The molecular weight excluding hydrogens is 319 g/mol. The van der Waals surface area contributed by atoms with Crippen LogP contribution < -0.4 is 16.0 Å². The van der Waals surface area contributed by atoms with E-state index in [0.717, 1.165) is 0 Å². The lowest BCUT2D eigenvalue weighted by Crippen LogP contribution is -2.54. The van der Waals surface area contributed by atoms with Gasteiger partial charge < -0.3 is 16.0 Å². The highest BCUT2D eigenvalue weighted by atomic mass is 35.5. The van der Waals surface area contributed by atoms with Crippen molar-refractivity contribution in [2.75, 3.05) is 18.0 Å². The number of carbonyl (C=O) groups is 1. The predicted molar refractivity (Wildman–Crippen MR) is 89.5 cm³/mol. The van der Waals surface area contributed by atoms with E-state index < -0.39 is 11.7 Å². The highest BCUT2D eigenvalue weighted by molar-refractivity contribution is 6.34. The number of anilines is 1. The summed E-state index contributed by atoms with van der Waals surface area (Å²) in [6.45, 7) is 5.42. The van der Waals surface area contributed by atoms with Crippen molar-refractivity contribution in [2.45, 2.75) is 25.9 Å². The molecule has 0 aliphatic carbocycles. The summed E-state index contributed by atoms with van der Waals surface area (Å²) in [6, 6.07) is 4.50. The minimum atomic E-state index is -0.640. The third-order valence-corrected chi connectivity index (χ3v) is 4.26. The van der Waals surface area contributed by atoms with Crippen LogP contribution in [-0.4, -0.2) is 36.1 Å². The van der Waals surface area contributed by atoms with E-state index in [1.54, 1.807) is 0 Å². The van der Waals surface area contributed by atoms with Crippen molar-refractivity contribution in [3.63, 3.8) is 0 Å². The molecule has 1 aromatic heterocycles. The lowest BCUT2D eigenvalue weighted by atomic mass is 10.0. The molecule has 1 saturated heterocycles. The van der Waals surface area contributed by atoms with E-state index in [1.807, 2.05) is 4.90 Å². The van der Waals surface area contributed by atoms with Crippen LogP contribution in [0, 0.1) is 5.82 Å². The minimum absolute atomic E-state index is 0.208. The van der Waals surface area contributed by atoms with Gasteiger partial charge in [-0.2, -0.15) is 0 Å². The summed E-state index contributed by atoms with van der Waals surface area (Å²) in [7, 11) is 0. The fourth-order valence-electron chi connectivity index (χ4n) is 3.24. The Morgan fingerprint density at radius 1 is 1.39 bits per heavy atom. The Balaban J connectivity index is 2.24. The molecule has 3 N–H and O–H groups in total. The molecule has 0 bridgehead atoms. The Morgan fingerprint density at radius 3 is 2.65 bits per heavy atom. The van der Waals surface area contributed by atoms with Crippen molar-refractivity contribution in [3.05, 3.63) is 34.7 Å². The first kappa shape index (κ1) is 16.0. The van der Waals surface area contributed by atoms with Crippen LogP contribution in [0.3, 0.4) is 0 Å². The topological polar surface area (TPSA) is 71.2 Å². The number of nitrogens with zero attached hydrogens (tertiary/aromatic N) is 2. The Bertz CT molecular complexity index is 772. The van der Waals surface area contributed by atoms with Crippen molar-refractivity contribution in [3.8, 4) is 0 Å². The summed E-state index contributed by atoms with van der Waals surface area (Å²) < 4.78 is 13.6. The molecule has 2 aromatic rings. The molecule has 3 rings (SSSR count). The molecule has 1 fully saturated rings. The highest BCUT2D eigenvalue weighted by Crippen LogP contribution is 2.35. The molecule has 122 valence electrons. The summed E-state index contributed by atoms with van der Waals surface area (Å²) in [5.41, 5.74) is 6.74. The number of amides is 1. The monoisotopic (exact) mass is 336 g/mol. The maximum Gasteiger partial charge on any atom is 0.251 e. The van der Waals surface area contributed by atoms with Crippen LogP contribution in [-0.2, 0) is 0 Å². The van der Waals surface area contributed by atoms with Gasteiger partial charge >= 0.3 is 0 Å². The Hall–Kier alpha value is -1.92. The van der Waals surface area contributed by atoms with Crippen LogP contribution in [0.5, 0.6) is 0 Å². The second-order valence-electron chi connectivity index (χ2n) is 6.03. The van der Waals surface area contributed by atoms with E-state index in [2.05, 4.69) is 24.1 Å². The summed E-state index contributed by atoms with van der Waals surface area (Å²) in [4.78, 5) is 18.4. The summed E-state index contributed by atoms with van der Waals surface area (Å²) in [5, 5.41) is 4.00. The number of nitrogens with two attached hydrogens (primary N) is 1. The van der Waals surface area contributed by atoms with Crippen LogP contribution in [0.25, 0.3) is 10.9 Å². The number of pyridine rings is 1. The largest absolute Gasteiger partial charge is 0.366 e. The van der Waals surface area contributed by atoms with E-state index in [-0.39, 0.29) is 22.8 Å².